The number of sulfonamides is 1. The molecule has 1 atom stereocenters. The van der Waals surface area contributed by atoms with E-state index in [1.807, 2.05) is 53.9 Å². The number of allylic oxidation sites excluding steroid dienone is 1. The van der Waals surface area contributed by atoms with Crippen molar-refractivity contribution in [3.63, 3.8) is 0 Å². The van der Waals surface area contributed by atoms with Crippen molar-refractivity contribution in [1.29, 1.82) is 0 Å². The fourth-order valence-electron chi connectivity index (χ4n) is 3.52. The van der Waals surface area contributed by atoms with Gasteiger partial charge in [0, 0.05) is 31.1 Å². The van der Waals surface area contributed by atoms with E-state index in [0.717, 1.165) is 27.6 Å². The lowest BCUT2D eigenvalue weighted by Crippen LogP contribution is -2.39. The van der Waals surface area contributed by atoms with E-state index < -0.39 is 15.3 Å². The third-order valence-corrected chi connectivity index (χ3v) is 8.42. The Hall–Kier alpha value is -2.68. The molecule has 6 nitrogen and oxygen atoms in total. The van der Waals surface area contributed by atoms with Crippen LogP contribution in [0.25, 0.3) is 0 Å². The quantitative estimate of drug-likeness (QED) is 0.316. The standard InChI is InChI=1S/C25H30N2O4S2/c1-4-5-6-24(17-25-26-15-16-32-25)33(28,29)27(18-20-7-11-22(30-2)12-8-20)19-21-9-13-23(31-3)14-10-21/h4,7-16,24H,1,5-6,17-19H2,2-3H3/t24-/m1/s1. The minimum Gasteiger partial charge on any atom is -0.497 e. The second kappa shape index (κ2) is 12.0. The summed E-state index contributed by atoms with van der Waals surface area (Å²) in [6.07, 6.45) is 4.97. The number of benzene rings is 2. The maximum absolute atomic E-state index is 13.9. The summed E-state index contributed by atoms with van der Waals surface area (Å²) in [7, 11) is -0.431. The largest absolute Gasteiger partial charge is 0.497 e. The third-order valence-electron chi connectivity index (χ3n) is 5.40. The van der Waals surface area contributed by atoms with Crippen LogP contribution in [0.15, 0.2) is 72.8 Å². The second-order valence-corrected chi connectivity index (χ2v) is 10.8. The maximum atomic E-state index is 13.9. The van der Waals surface area contributed by atoms with Gasteiger partial charge in [-0.2, -0.15) is 4.31 Å². The van der Waals surface area contributed by atoms with Crippen molar-refractivity contribution in [1.82, 2.24) is 9.29 Å². The highest BCUT2D eigenvalue weighted by atomic mass is 32.2. The van der Waals surface area contributed by atoms with Gasteiger partial charge in [-0.05, 0) is 48.2 Å². The lowest BCUT2D eigenvalue weighted by Gasteiger charge is -2.28. The van der Waals surface area contributed by atoms with Crippen LogP contribution in [0.2, 0.25) is 0 Å². The van der Waals surface area contributed by atoms with Crippen molar-refractivity contribution in [2.75, 3.05) is 14.2 Å². The molecule has 0 amide bonds. The van der Waals surface area contributed by atoms with Crippen LogP contribution in [0, 0.1) is 0 Å². The van der Waals surface area contributed by atoms with Gasteiger partial charge in [-0.25, -0.2) is 13.4 Å². The van der Waals surface area contributed by atoms with Crippen molar-refractivity contribution in [2.24, 2.45) is 0 Å². The predicted octanol–water partition coefficient (Wildman–Crippen LogP) is 5.07. The minimum absolute atomic E-state index is 0.265. The normalized spacial score (nSPS) is 12.5. The Kier molecular flexibility index (Phi) is 9.05. The summed E-state index contributed by atoms with van der Waals surface area (Å²) in [6.45, 7) is 4.31. The molecule has 3 aromatic rings. The molecule has 2 aromatic carbocycles. The summed E-state index contributed by atoms with van der Waals surface area (Å²) < 4.78 is 39.9. The fraction of sp³-hybridized carbons (Fsp3) is 0.320. The van der Waals surface area contributed by atoms with Crippen LogP contribution in [0.4, 0.5) is 0 Å². The summed E-state index contributed by atoms with van der Waals surface area (Å²) in [5.74, 6) is 1.46. The fourth-order valence-corrected chi connectivity index (χ4v) is 6.21. The van der Waals surface area contributed by atoms with Crippen molar-refractivity contribution < 1.29 is 17.9 Å². The van der Waals surface area contributed by atoms with Crippen molar-refractivity contribution in [3.8, 4) is 11.5 Å². The van der Waals surface area contributed by atoms with Crippen LogP contribution in [-0.2, 0) is 29.5 Å². The molecule has 0 unspecified atom stereocenters. The molecule has 0 bridgehead atoms. The molecule has 0 aliphatic carbocycles. The molecule has 0 aliphatic rings. The first-order valence-corrected chi connectivity index (χ1v) is 13.1. The Balaban J connectivity index is 1.92. The molecule has 3 rings (SSSR count). The molecule has 8 heteroatoms. The number of aromatic nitrogens is 1. The Morgan fingerprint density at radius 3 is 1.97 bits per heavy atom. The van der Waals surface area contributed by atoms with E-state index in [1.165, 1.54) is 11.3 Å². The third kappa shape index (κ3) is 6.90. The van der Waals surface area contributed by atoms with Crippen LogP contribution in [-0.4, -0.2) is 37.2 Å². The zero-order valence-electron chi connectivity index (χ0n) is 19.0. The Bertz CT molecular complexity index is 1050. The number of nitrogens with zero attached hydrogens (tertiary/aromatic N) is 2. The molecule has 0 N–H and O–H groups in total. The first-order valence-electron chi connectivity index (χ1n) is 10.7. The van der Waals surface area contributed by atoms with E-state index in [-0.39, 0.29) is 13.1 Å². The van der Waals surface area contributed by atoms with Gasteiger partial charge in [-0.1, -0.05) is 30.3 Å². The number of ether oxygens (including phenoxy) is 2. The average molecular weight is 487 g/mol. The number of hydrogen-bond donors (Lipinski definition) is 0. The van der Waals surface area contributed by atoms with Gasteiger partial charge in [-0.15, -0.1) is 17.9 Å². The van der Waals surface area contributed by atoms with E-state index in [4.69, 9.17) is 9.47 Å². The molecule has 1 aromatic heterocycles. The molecule has 0 radical (unpaired) electrons. The van der Waals surface area contributed by atoms with Crippen molar-refractivity contribution in [2.45, 2.75) is 37.6 Å². The van der Waals surface area contributed by atoms with Gasteiger partial charge in [0.15, 0.2) is 0 Å². The molecule has 176 valence electrons. The van der Waals surface area contributed by atoms with Gasteiger partial charge in [0.2, 0.25) is 10.0 Å². The van der Waals surface area contributed by atoms with E-state index in [2.05, 4.69) is 11.6 Å². The van der Waals surface area contributed by atoms with Crippen molar-refractivity contribution in [3.05, 3.63) is 88.9 Å². The van der Waals surface area contributed by atoms with Crippen LogP contribution in [0.1, 0.15) is 29.0 Å². The highest BCUT2D eigenvalue weighted by Crippen LogP contribution is 2.25. The Labute approximate surface area is 200 Å². The zero-order chi connectivity index (χ0) is 23.7. The summed E-state index contributed by atoms with van der Waals surface area (Å²) in [4.78, 5) is 4.33. The summed E-state index contributed by atoms with van der Waals surface area (Å²) in [5.41, 5.74) is 1.79. The van der Waals surface area contributed by atoms with E-state index in [1.54, 1.807) is 30.8 Å². The molecule has 0 saturated heterocycles. The summed E-state index contributed by atoms with van der Waals surface area (Å²) in [5, 5.41) is 2.11. The maximum Gasteiger partial charge on any atom is 0.218 e. The molecule has 0 spiro atoms. The van der Waals surface area contributed by atoms with Crippen LogP contribution >= 0.6 is 11.3 Å². The van der Waals surface area contributed by atoms with Crippen molar-refractivity contribution >= 4 is 21.4 Å². The van der Waals surface area contributed by atoms with Crippen LogP contribution < -0.4 is 9.47 Å². The molecule has 33 heavy (non-hydrogen) atoms. The molecular formula is C25H30N2O4S2. The summed E-state index contributed by atoms with van der Waals surface area (Å²) in [6, 6.07) is 15.0. The molecule has 0 saturated carbocycles. The SMILES string of the molecule is C=CCC[C@H](Cc1nccs1)S(=O)(=O)N(Cc1ccc(OC)cc1)Cc1ccc(OC)cc1. The van der Waals surface area contributed by atoms with Gasteiger partial charge >= 0.3 is 0 Å². The topological polar surface area (TPSA) is 68.7 Å². The van der Waals surface area contributed by atoms with E-state index in [0.29, 0.717) is 19.3 Å². The lowest BCUT2D eigenvalue weighted by atomic mass is 10.2. The first-order chi connectivity index (χ1) is 16.0. The average Bonchev–Trinajstić information content (AvgIpc) is 3.35. The van der Waals surface area contributed by atoms with E-state index >= 15 is 0 Å². The van der Waals surface area contributed by atoms with Crippen LogP contribution in [0.5, 0.6) is 11.5 Å². The summed E-state index contributed by atoms with van der Waals surface area (Å²) >= 11 is 1.48. The number of hydrogen-bond acceptors (Lipinski definition) is 6. The van der Waals surface area contributed by atoms with E-state index in [9.17, 15) is 8.42 Å². The minimum atomic E-state index is -3.65. The number of thiazole rings is 1. The van der Waals surface area contributed by atoms with Gasteiger partial charge in [-0.3, -0.25) is 0 Å². The molecule has 0 fully saturated rings. The van der Waals surface area contributed by atoms with Crippen LogP contribution in [0.3, 0.4) is 0 Å². The predicted molar refractivity (Wildman–Crippen MR) is 133 cm³/mol. The Morgan fingerprint density at radius 1 is 1.00 bits per heavy atom. The highest BCUT2D eigenvalue weighted by molar-refractivity contribution is 7.89. The van der Waals surface area contributed by atoms with Gasteiger partial charge < -0.3 is 9.47 Å². The van der Waals surface area contributed by atoms with Gasteiger partial charge in [0.1, 0.15) is 11.5 Å². The zero-order valence-corrected chi connectivity index (χ0v) is 20.6. The van der Waals surface area contributed by atoms with Gasteiger partial charge in [0.05, 0.1) is 24.5 Å². The molecule has 0 aliphatic heterocycles. The molecular weight excluding hydrogens is 456 g/mol. The molecule has 1 heterocycles. The smallest absolute Gasteiger partial charge is 0.218 e. The lowest BCUT2D eigenvalue weighted by molar-refractivity contribution is 0.388. The second-order valence-electron chi connectivity index (χ2n) is 7.63. The monoisotopic (exact) mass is 486 g/mol. The first kappa shape index (κ1) is 25.0. The Morgan fingerprint density at radius 2 is 1.55 bits per heavy atom. The number of rotatable bonds is 13. The van der Waals surface area contributed by atoms with Gasteiger partial charge in [0.25, 0.3) is 0 Å². The number of methoxy groups -OCH3 is 2. The highest BCUT2D eigenvalue weighted by Gasteiger charge is 2.32.